The SMILES string of the molecule is CC(C)=N/C(=C(\C)Br)C(N)Cc1ccccc1. The Morgan fingerprint density at radius 3 is 2.29 bits per heavy atom. The van der Waals surface area contributed by atoms with E-state index in [1.807, 2.05) is 39.0 Å². The summed E-state index contributed by atoms with van der Waals surface area (Å²) in [6, 6.07) is 10.2. The second-order valence-electron chi connectivity index (χ2n) is 4.27. The molecule has 0 aromatic heterocycles. The number of benzene rings is 1. The largest absolute Gasteiger partial charge is 0.322 e. The molecule has 0 fully saturated rings. The van der Waals surface area contributed by atoms with E-state index in [2.05, 4.69) is 33.1 Å². The van der Waals surface area contributed by atoms with Crippen LogP contribution in [0.25, 0.3) is 0 Å². The predicted octanol–water partition coefficient (Wildman–Crippen LogP) is 3.66. The molecule has 0 heterocycles. The Morgan fingerprint density at radius 2 is 1.82 bits per heavy atom. The van der Waals surface area contributed by atoms with Gasteiger partial charge >= 0.3 is 0 Å². The van der Waals surface area contributed by atoms with Crippen LogP contribution in [0.5, 0.6) is 0 Å². The zero-order valence-electron chi connectivity index (χ0n) is 10.6. The van der Waals surface area contributed by atoms with Crippen molar-refractivity contribution >= 4 is 21.6 Å². The van der Waals surface area contributed by atoms with E-state index in [-0.39, 0.29) is 6.04 Å². The highest BCUT2D eigenvalue weighted by atomic mass is 79.9. The first-order chi connectivity index (χ1) is 8.00. The normalized spacial score (nSPS) is 13.9. The average molecular weight is 295 g/mol. The van der Waals surface area contributed by atoms with Crippen molar-refractivity contribution in [2.24, 2.45) is 10.7 Å². The molecule has 0 aliphatic heterocycles. The van der Waals surface area contributed by atoms with Gasteiger partial charge in [-0.2, -0.15) is 0 Å². The van der Waals surface area contributed by atoms with Gasteiger partial charge in [-0.3, -0.25) is 4.99 Å². The predicted molar refractivity (Wildman–Crippen MR) is 78.5 cm³/mol. The number of halogens is 1. The van der Waals surface area contributed by atoms with Crippen molar-refractivity contribution < 1.29 is 0 Å². The highest BCUT2D eigenvalue weighted by Gasteiger charge is 2.11. The summed E-state index contributed by atoms with van der Waals surface area (Å²) in [5.41, 5.74) is 9.38. The molecule has 0 spiro atoms. The van der Waals surface area contributed by atoms with Gasteiger partial charge in [0.05, 0.1) is 11.7 Å². The molecular formula is C14H19BrN2. The molecule has 1 aromatic rings. The molecule has 0 bridgehead atoms. The van der Waals surface area contributed by atoms with Gasteiger partial charge in [-0.1, -0.05) is 46.3 Å². The van der Waals surface area contributed by atoms with E-state index >= 15 is 0 Å². The monoisotopic (exact) mass is 294 g/mol. The van der Waals surface area contributed by atoms with Gasteiger partial charge in [0.2, 0.25) is 0 Å². The van der Waals surface area contributed by atoms with Crippen LogP contribution >= 0.6 is 15.9 Å². The van der Waals surface area contributed by atoms with Gasteiger partial charge in [0.15, 0.2) is 0 Å². The molecule has 0 radical (unpaired) electrons. The van der Waals surface area contributed by atoms with Crippen LogP contribution in [0.3, 0.4) is 0 Å². The van der Waals surface area contributed by atoms with Crippen molar-refractivity contribution in [3.05, 3.63) is 46.1 Å². The summed E-state index contributed by atoms with van der Waals surface area (Å²) in [4.78, 5) is 4.50. The lowest BCUT2D eigenvalue weighted by molar-refractivity contribution is 0.751. The Bertz CT molecular complexity index is 413. The summed E-state index contributed by atoms with van der Waals surface area (Å²) >= 11 is 3.48. The molecule has 0 amide bonds. The molecule has 92 valence electrons. The van der Waals surface area contributed by atoms with Crippen LogP contribution < -0.4 is 5.73 Å². The lowest BCUT2D eigenvalue weighted by Gasteiger charge is -2.14. The van der Waals surface area contributed by atoms with Gasteiger partial charge in [-0.25, -0.2) is 0 Å². The van der Waals surface area contributed by atoms with Crippen molar-refractivity contribution in [2.45, 2.75) is 33.2 Å². The smallest absolute Gasteiger partial charge is 0.0671 e. The summed E-state index contributed by atoms with van der Waals surface area (Å²) in [7, 11) is 0. The van der Waals surface area contributed by atoms with Crippen LogP contribution in [0.15, 0.2) is 45.5 Å². The standard InChI is InChI=1S/C14H19BrN2/c1-10(2)17-14(11(3)15)13(16)9-12-7-5-4-6-8-12/h4-8,13H,9,16H2,1-3H3/b14-11+. The van der Waals surface area contributed by atoms with E-state index in [9.17, 15) is 0 Å². The first kappa shape index (κ1) is 14.1. The van der Waals surface area contributed by atoms with E-state index in [1.54, 1.807) is 0 Å². The highest BCUT2D eigenvalue weighted by molar-refractivity contribution is 9.11. The van der Waals surface area contributed by atoms with Crippen molar-refractivity contribution in [2.75, 3.05) is 0 Å². The number of hydrogen-bond donors (Lipinski definition) is 1. The summed E-state index contributed by atoms with van der Waals surface area (Å²) in [6.45, 7) is 5.93. The quantitative estimate of drug-likeness (QED) is 0.846. The van der Waals surface area contributed by atoms with Gasteiger partial charge < -0.3 is 5.73 Å². The van der Waals surface area contributed by atoms with E-state index in [0.29, 0.717) is 0 Å². The molecule has 1 aromatic carbocycles. The molecule has 17 heavy (non-hydrogen) atoms. The van der Waals surface area contributed by atoms with Gasteiger partial charge in [0.25, 0.3) is 0 Å². The molecule has 2 nitrogen and oxygen atoms in total. The minimum atomic E-state index is -0.0772. The number of aliphatic imine (C=N–C) groups is 1. The first-order valence-corrected chi connectivity index (χ1v) is 6.47. The molecule has 0 saturated carbocycles. The maximum absolute atomic E-state index is 6.20. The fourth-order valence-corrected chi connectivity index (χ4v) is 2.00. The molecular weight excluding hydrogens is 276 g/mol. The minimum Gasteiger partial charge on any atom is -0.322 e. The Hall–Kier alpha value is -0.930. The summed E-state index contributed by atoms with van der Waals surface area (Å²) in [5.74, 6) is 0. The molecule has 2 N–H and O–H groups in total. The first-order valence-electron chi connectivity index (χ1n) is 5.68. The average Bonchev–Trinajstić information content (AvgIpc) is 2.26. The summed E-state index contributed by atoms with van der Waals surface area (Å²) in [6.07, 6.45) is 0.801. The fourth-order valence-electron chi connectivity index (χ4n) is 1.62. The molecule has 1 rings (SSSR count). The third kappa shape index (κ3) is 4.84. The zero-order chi connectivity index (χ0) is 12.8. The van der Waals surface area contributed by atoms with Crippen LogP contribution in [0, 0.1) is 0 Å². The minimum absolute atomic E-state index is 0.0772. The third-order valence-corrected chi connectivity index (χ3v) is 2.75. The van der Waals surface area contributed by atoms with Crippen LogP contribution in [0.2, 0.25) is 0 Å². The Morgan fingerprint density at radius 1 is 1.24 bits per heavy atom. The molecule has 3 heteroatoms. The van der Waals surface area contributed by atoms with Crippen LogP contribution in [0.4, 0.5) is 0 Å². The van der Waals surface area contributed by atoms with Crippen LogP contribution in [-0.2, 0) is 6.42 Å². The molecule has 1 atom stereocenters. The third-order valence-electron chi connectivity index (χ3n) is 2.35. The molecule has 0 saturated heterocycles. The molecule has 0 aliphatic rings. The van der Waals surface area contributed by atoms with Crippen molar-refractivity contribution in [3.63, 3.8) is 0 Å². The second-order valence-corrected chi connectivity index (χ2v) is 5.46. The summed E-state index contributed by atoms with van der Waals surface area (Å²) in [5, 5.41) is 0. The van der Waals surface area contributed by atoms with E-state index < -0.39 is 0 Å². The lowest BCUT2D eigenvalue weighted by Crippen LogP contribution is -2.25. The van der Waals surface area contributed by atoms with Gasteiger partial charge in [-0.15, -0.1) is 0 Å². The Kier molecular flexibility index (Phi) is 5.59. The zero-order valence-corrected chi connectivity index (χ0v) is 12.2. The fraction of sp³-hybridized carbons (Fsp3) is 0.357. The molecule has 0 aliphatic carbocycles. The highest BCUT2D eigenvalue weighted by Crippen LogP contribution is 2.18. The maximum Gasteiger partial charge on any atom is 0.0671 e. The van der Waals surface area contributed by atoms with Gasteiger partial charge in [-0.05, 0) is 32.8 Å². The Labute approximate surface area is 112 Å². The van der Waals surface area contributed by atoms with Crippen molar-refractivity contribution in [1.82, 2.24) is 0 Å². The molecule has 1 unspecified atom stereocenters. The van der Waals surface area contributed by atoms with E-state index in [4.69, 9.17) is 5.73 Å². The van der Waals surface area contributed by atoms with Crippen molar-refractivity contribution in [3.8, 4) is 0 Å². The lowest BCUT2D eigenvalue weighted by atomic mass is 10.0. The number of nitrogens with two attached hydrogens (primary N) is 1. The number of hydrogen-bond acceptors (Lipinski definition) is 2. The number of allylic oxidation sites excluding steroid dienone is 1. The number of rotatable bonds is 4. The van der Waals surface area contributed by atoms with E-state index in [1.165, 1.54) is 5.56 Å². The van der Waals surface area contributed by atoms with E-state index in [0.717, 1.165) is 22.3 Å². The van der Waals surface area contributed by atoms with Crippen LogP contribution in [-0.4, -0.2) is 11.8 Å². The second kappa shape index (κ2) is 6.72. The van der Waals surface area contributed by atoms with Gasteiger partial charge in [0, 0.05) is 10.2 Å². The van der Waals surface area contributed by atoms with Gasteiger partial charge in [0.1, 0.15) is 0 Å². The maximum atomic E-state index is 6.20. The number of nitrogens with zero attached hydrogens (tertiary/aromatic N) is 1. The van der Waals surface area contributed by atoms with Crippen molar-refractivity contribution in [1.29, 1.82) is 0 Å². The summed E-state index contributed by atoms with van der Waals surface area (Å²) < 4.78 is 1.00. The Balaban J connectivity index is 2.85. The van der Waals surface area contributed by atoms with Crippen LogP contribution in [0.1, 0.15) is 26.3 Å². The topological polar surface area (TPSA) is 38.4 Å².